The van der Waals surface area contributed by atoms with Gasteiger partial charge in [0.05, 0.1) is 11.1 Å². The number of hydrogen-bond acceptors (Lipinski definition) is 6. The molecule has 0 radical (unpaired) electrons. The van der Waals surface area contributed by atoms with Gasteiger partial charge in [-0.15, -0.1) is 11.3 Å². The summed E-state index contributed by atoms with van der Waals surface area (Å²) in [7, 11) is 0. The average molecular weight is 431 g/mol. The molecule has 150 valence electrons. The Labute approximate surface area is 175 Å². The minimum Gasteiger partial charge on any atom is -0.354 e. The number of carbonyl (C=O) groups excluding carboxylic acids is 2. The average Bonchev–Trinajstić information content (AvgIpc) is 3.06. The van der Waals surface area contributed by atoms with Crippen LogP contribution in [-0.2, 0) is 9.59 Å². The first-order valence-corrected chi connectivity index (χ1v) is 11.2. The van der Waals surface area contributed by atoms with E-state index in [4.69, 9.17) is 0 Å². The van der Waals surface area contributed by atoms with Crippen molar-refractivity contribution in [1.82, 2.24) is 20.6 Å². The summed E-state index contributed by atoms with van der Waals surface area (Å²) in [6.07, 6.45) is 3.96. The zero-order valence-corrected chi connectivity index (χ0v) is 17.1. The third-order valence-corrected chi connectivity index (χ3v) is 6.58. The van der Waals surface area contributed by atoms with Gasteiger partial charge < -0.3 is 10.6 Å². The summed E-state index contributed by atoms with van der Waals surface area (Å²) in [6, 6.07) is 5.79. The molecule has 3 heterocycles. The van der Waals surface area contributed by atoms with E-state index >= 15 is 0 Å². The minimum atomic E-state index is -0.480. The van der Waals surface area contributed by atoms with Gasteiger partial charge in [-0.05, 0) is 37.0 Å². The summed E-state index contributed by atoms with van der Waals surface area (Å²) in [6.45, 7) is 0.656. The molecule has 1 atom stereocenters. The molecule has 4 rings (SSSR count). The topological polar surface area (TPSA) is 84.0 Å². The summed E-state index contributed by atoms with van der Waals surface area (Å²) in [4.78, 5) is 33.9. The molecule has 0 spiro atoms. The van der Waals surface area contributed by atoms with Crippen molar-refractivity contribution in [2.75, 3.05) is 12.3 Å². The van der Waals surface area contributed by atoms with E-state index in [0.717, 1.165) is 34.2 Å². The molecule has 0 saturated carbocycles. The SMILES string of the molecule is O=C(CSc1ncnc2scc(-c3ccc(F)cc3)c12)N[C@@H]1CCCCNC1=O. The number of hydrogen-bond donors (Lipinski definition) is 2. The quantitative estimate of drug-likeness (QED) is 0.479. The van der Waals surface area contributed by atoms with Crippen LogP contribution in [0.3, 0.4) is 0 Å². The molecule has 29 heavy (non-hydrogen) atoms. The Morgan fingerprint density at radius 3 is 2.93 bits per heavy atom. The van der Waals surface area contributed by atoms with Gasteiger partial charge in [0.2, 0.25) is 11.8 Å². The van der Waals surface area contributed by atoms with Crippen LogP contribution in [0.1, 0.15) is 19.3 Å². The third kappa shape index (κ3) is 4.56. The lowest BCUT2D eigenvalue weighted by Gasteiger charge is -2.15. The van der Waals surface area contributed by atoms with Gasteiger partial charge in [-0.3, -0.25) is 9.59 Å². The number of thioether (sulfide) groups is 1. The maximum Gasteiger partial charge on any atom is 0.242 e. The van der Waals surface area contributed by atoms with Gasteiger partial charge in [0.25, 0.3) is 0 Å². The Kier molecular flexibility index (Phi) is 6.05. The lowest BCUT2D eigenvalue weighted by atomic mass is 10.1. The normalized spacial score (nSPS) is 17.0. The zero-order chi connectivity index (χ0) is 20.2. The molecule has 0 unspecified atom stereocenters. The van der Waals surface area contributed by atoms with Gasteiger partial charge in [0, 0.05) is 17.5 Å². The highest BCUT2D eigenvalue weighted by Crippen LogP contribution is 2.37. The smallest absolute Gasteiger partial charge is 0.242 e. The van der Waals surface area contributed by atoms with Crippen LogP contribution in [0.2, 0.25) is 0 Å². The first-order chi connectivity index (χ1) is 14.1. The van der Waals surface area contributed by atoms with Crippen molar-refractivity contribution in [2.45, 2.75) is 30.3 Å². The maximum atomic E-state index is 13.3. The van der Waals surface area contributed by atoms with E-state index in [1.165, 1.54) is 41.6 Å². The number of benzene rings is 1. The number of halogens is 1. The van der Waals surface area contributed by atoms with Crippen molar-refractivity contribution in [3.63, 3.8) is 0 Å². The number of fused-ring (bicyclic) bond motifs is 1. The van der Waals surface area contributed by atoms with Crippen molar-refractivity contribution in [2.24, 2.45) is 0 Å². The number of nitrogens with one attached hydrogen (secondary N) is 2. The van der Waals surface area contributed by atoms with Gasteiger partial charge in [-0.25, -0.2) is 14.4 Å². The van der Waals surface area contributed by atoms with Crippen molar-refractivity contribution < 1.29 is 14.0 Å². The number of amides is 2. The predicted molar refractivity (Wildman–Crippen MR) is 112 cm³/mol. The first-order valence-electron chi connectivity index (χ1n) is 9.30. The highest BCUT2D eigenvalue weighted by molar-refractivity contribution is 8.00. The van der Waals surface area contributed by atoms with Crippen LogP contribution in [-0.4, -0.2) is 40.1 Å². The molecule has 1 aromatic carbocycles. The number of carbonyl (C=O) groups is 2. The molecular weight excluding hydrogens is 411 g/mol. The predicted octanol–water partition coefficient (Wildman–Crippen LogP) is 3.37. The van der Waals surface area contributed by atoms with Crippen molar-refractivity contribution >= 4 is 45.1 Å². The monoisotopic (exact) mass is 430 g/mol. The van der Waals surface area contributed by atoms with Crippen LogP contribution in [0, 0.1) is 5.82 Å². The molecule has 1 aliphatic heterocycles. The summed E-state index contributed by atoms with van der Waals surface area (Å²) >= 11 is 2.79. The van der Waals surface area contributed by atoms with E-state index in [-0.39, 0.29) is 23.4 Å². The van der Waals surface area contributed by atoms with E-state index in [2.05, 4.69) is 20.6 Å². The van der Waals surface area contributed by atoms with Crippen LogP contribution in [0.5, 0.6) is 0 Å². The third-order valence-electron chi connectivity index (χ3n) is 4.70. The highest BCUT2D eigenvalue weighted by Gasteiger charge is 2.22. The van der Waals surface area contributed by atoms with Gasteiger partial charge >= 0.3 is 0 Å². The second kappa shape index (κ2) is 8.87. The van der Waals surface area contributed by atoms with Crippen molar-refractivity contribution in [3.8, 4) is 11.1 Å². The van der Waals surface area contributed by atoms with E-state index < -0.39 is 6.04 Å². The molecule has 0 bridgehead atoms. The molecule has 2 N–H and O–H groups in total. The Morgan fingerprint density at radius 2 is 2.10 bits per heavy atom. The standard InChI is InChI=1S/C20H19FN4O2S2/c21-13-6-4-12(5-7-13)14-9-28-19-17(14)20(24-11-23-19)29-10-16(26)25-15-3-1-2-8-22-18(15)27/h4-7,9,11,15H,1-3,8,10H2,(H,22,27)(H,25,26)/t15-/m1/s1. The summed E-state index contributed by atoms with van der Waals surface area (Å²) in [5.74, 6) is -0.475. The van der Waals surface area contributed by atoms with Gasteiger partial charge in [-0.2, -0.15) is 0 Å². The Bertz CT molecular complexity index is 1040. The van der Waals surface area contributed by atoms with Crippen LogP contribution in [0.25, 0.3) is 21.3 Å². The van der Waals surface area contributed by atoms with Crippen LogP contribution < -0.4 is 10.6 Å². The summed E-state index contributed by atoms with van der Waals surface area (Å²) < 4.78 is 13.3. The molecule has 1 saturated heterocycles. The van der Waals surface area contributed by atoms with Gasteiger partial charge in [-0.1, -0.05) is 23.9 Å². The zero-order valence-electron chi connectivity index (χ0n) is 15.5. The second-order valence-electron chi connectivity index (χ2n) is 6.71. The largest absolute Gasteiger partial charge is 0.354 e. The lowest BCUT2D eigenvalue weighted by molar-refractivity contribution is -0.127. The minimum absolute atomic E-state index is 0.123. The fraction of sp³-hybridized carbons (Fsp3) is 0.300. The molecule has 1 aliphatic rings. The number of nitrogens with zero attached hydrogens (tertiary/aromatic N) is 2. The van der Waals surface area contributed by atoms with E-state index in [1.807, 2.05) is 5.38 Å². The number of rotatable bonds is 5. The molecule has 0 aliphatic carbocycles. The first kappa shape index (κ1) is 19.8. The van der Waals surface area contributed by atoms with Crippen molar-refractivity contribution in [3.05, 3.63) is 41.8 Å². The molecular formula is C20H19FN4O2S2. The molecule has 9 heteroatoms. The lowest BCUT2D eigenvalue weighted by Crippen LogP contribution is -2.46. The molecule has 3 aromatic rings. The maximum absolute atomic E-state index is 13.3. The second-order valence-corrected chi connectivity index (χ2v) is 8.53. The molecule has 2 amide bonds. The fourth-order valence-corrected chi connectivity index (χ4v) is 5.05. The molecule has 1 fully saturated rings. The highest BCUT2D eigenvalue weighted by atomic mass is 32.2. The Morgan fingerprint density at radius 1 is 1.28 bits per heavy atom. The van der Waals surface area contributed by atoms with E-state index in [1.54, 1.807) is 12.1 Å². The Balaban J connectivity index is 1.50. The molecule has 2 aromatic heterocycles. The summed E-state index contributed by atoms with van der Waals surface area (Å²) in [5.41, 5.74) is 1.78. The van der Waals surface area contributed by atoms with E-state index in [9.17, 15) is 14.0 Å². The van der Waals surface area contributed by atoms with E-state index in [0.29, 0.717) is 18.0 Å². The number of aromatic nitrogens is 2. The van der Waals surface area contributed by atoms with Gasteiger partial charge in [0.1, 0.15) is 28.0 Å². The summed E-state index contributed by atoms with van der Waals surface area (Å²) in [5, 5.41) is 9.15. The number of thiophene rings is 1. The van der Waals surface area contributed by atoms with Gasteiger partial charge in [0.15, 0.2) is 0 Å². The van der Waals surface area contributed by atoms with Crippen LogP contribution >= 0.6 is 23.1 Å². The molecule has 6 nitrogen and oxygen atoms in total. The fourth-order valence-electron chi connectivity index (χ4n) is 3.25. The van der Waals surface area contributed by atoms with Crippen LogP contribution in [0.4, 0.5) is 4.39 Å². The van der Waals surface area contributed by atoms with Crippen molar-refractivity contribution in [1.29, 1.82) is 0 Å². The van der Waals surface area contributed by atoms with Crippen LogP contribution in [0.15, 0.2) is 41.0 Å². The Hall–Kier alpha value is -2.52.